The highest BCUT2D eigenvalue weighted by atomic mass is 16.5. The van der Waals surface area contributed by atoms with Crippen LogP contribution in [0, 0.1) is 0 Å². The van der Waals surface area contributed by atoms with E-state index in [1.54, 1.807) is 19.2 Å². The zero-order valence-corrected chi connectivity index (χ0v) is 12.1. The topological polar surface area (TPSA) is 42.7 Å². The van der Waals surface area contributed by atoms with Crippen molar-refractivity contribution in [2.24, 2.45) is 0 Å². The van der Waals surface area contributed by atoms with Crippen LogP contribution in [0.5, 0.6) is 5.75 Å². The maximum atomic E-state index is 12.6. The lowest BCUT2D eigenvalue weighted by atomic mass is 9.95. The highest BCUT2D eigenvalue weighted by molar-refractivity contribution is 5.91. The molecule has 0 spiro atoms. The first-order chi connectivity index (χ1) is 10.3. The fourth-order valence-corrected chi connectivity index (χ4v) is 2.91. The van der Waals surface area contributed by atoms with Gasteiger partial charge in [-0.05, 0) is 49.1 Å². The number of likely N-dealkylation sites (tertiary alicyclic amines) is 1. The SMILES string of the molecule is COc1cccc([C@H]2CCCCN2C(=O)c2ccco2)c1. The summed E-state index contributed by atoms with van der Waals surface area (Å²) in [4.78, 5) is 14.5. The molecule has 0 N–H and O–H groups in total. The van der Waals surface area contributed by atoms with Crippen LogP contribution in [-0.4, -0.2) is 24.5 Å². The van der Waals surface area contributed by atoms with Crippen LogP contribution in [0.15, 0.2) is 47.1 Å². The summed E-state index contributed by atoms with van der Waals surface area (Å²) in [5.74, 6) is 1.20. The predicted molar refractivity (Wildman–Crippen MR) is 79.3 cm³/mol. The number of carbonyl (C=O) groups excluding carboxylic acids is 1. The summed E-state index contributed by atoms with van der Waals surface area (Å²) in [6.07, 6.45) is 4.67. The molecule has 4 nitrogen and oxygen atoms in total. The molecule has 21 heavy (non-hydrogen) atoms. The van der Waals surface area contributed by atoms with Crippen LogP contribution in [-0.2, 0) is 0 Å². The molecule has 1 aliphatic heterocycles. The van der Waals surface area contributed by atoms with Gasteiger partial charge >= 0.3 is 0 Å². The van der Waals surface area contributed by atoms with Crippen LogP contribution < -0.4 is 4.74 Å². The van der Waals surface area contributed by atoms with Crippen molar-refractivity contribution in [3.8, 4) is 5.75 Å². The first-order valence-corrected chi connectivity index (χ1v) is 7.28. The standard InChI is InChI=1S/C17H19NO3/c1-20-14-7-4-6-13(12-14)15-8-2-3-10-18(15)17(19)16-9-5-11-21-16/h4-7,9,11-12,15H,2-3,8,10H2,1H3/t15-/m1/s1. The van der Waals surface area contributed by atoms with Crippen molar-refractivity contribution in [3.63, 3.8) is 0 Å². The van der Waals surface area contributed by atoms with Crippen molar-refractivity contribution in [2.75, 3.05) is 13.7 Å². The first kappa shape index (κ1) is 13.7. The van der Waals surface area contributed by atoms with E-state index in [9.17, 15) is 4.79 Å². The number of benzene rings is 1. The summed E-state index contributed by atoms with van der Waals surface area (Å²) in [6, 6.07) is 11.5. The zero-order valence-electron chi connectivity index (χ0n) is 12.1. The Morgan fingerprint density at radius 2 is 2.19 bits per heavy atom. The van der Waals surface area contributed by atoms with Gasteiger partial charge < -0.3 is 14.1 Å². The minimum absolute atomic E-state index is 0.0347. The number of hydrogen-bond acceptors (Lipinski definition) is 3. The monoisotopic (exact) mass is 285 g/mol. The Balaban J connectivity index is 1.89. The summed E-state index contributed by atoms with van der Waals surface area (Å²) in [6.45, 7) is 0.765. The smallest absolute Gasteiger partial charge is 0.290 e. The van der Waals surface area contributed by atoms with Crippen LogP contribution in [0.2, 0.25) is 0 Å². The third-order valence-electron chi connectivity index (χ3n) is 3.97. The number of rotatable bonds is 3. The molecule has 0 saturated carbocycles. The van der Waals surface area contributed by atoms with Gasteiger partial charge in [-0.1, -0.05) is 12.1 Å². The van der Waals surface area contributed by atoms with E-state index in [4.69, 9.17) is 9.15 Å². The van der Waals surface area contributed by atoms with E-state index < -0.39 is 0 Å². The second kappa shape index (κ2) is 6.04. The normalized spacial score (nSPS) is 18.5. The van der Waals surface area contributed by atoms with E-state index in [2.05, 4.69) is 6.07 Å². The molecule has 0 unspecified atom stereocenters. The van der Waals surface area contributed by atoms with Gasteiger partial charge in [0.25, 0.3) is 5.91 Å². The second-order valence-corrected chi connectivity index (χ2v) is 5.26. The molecule has 3 rings (SSSR count). The molecule has 2 aromatic rings. The summed E-state index contributed by atoms with van der Waals surface area (Å²) in [7, 11) is 1.66. The highest BCUT2D eigenvalue weighted by Gasteiger charge is 2.30. The van der Waals surface area contributed by atoms with Gasteiger partial charge in [-0.15, -0.1) is 0 Å². The van der Waals surface area contributed by atoms with Gasteiger partial charge in [0.1, 0.15) is 5.75 Å². The minimum atomic E-state index is -0.0347. The molecule has 110 valence electrons. The van der Waals surface area contributed by atoms with E-state index in [-0.39, 0.29) is 11.9 Å². The summed E-state index contributed by atoms with van der Waals surface area (Å²) in [5.41, 5.74) is 1.12. The van der Waals surface area contributed by atoms with E-state index in [0.717, 1.165) is 37.1 Å². The van der Waals surface area contributed by atoms with Crippen LogP contribution in [0.4, 0.5) is 0 Å². The highest BCUT2D eigenvalue weighted by Crippen LogP contribution is 2.33. The van der Waals surface area contributed by atoms with Gasteiger partial charge in [-0.3, -0.25) is 4.79 Å². The lowest BCUT2D eigenvalue weighted by Crippen LogP contribution is -2.38. The van der Waals surface area contributed by atoms with Crippen LogP contribution in [0.25, 0.3) is 0 Å². The fourth-order valence-electron chi connectivity index (χ4n) is 2.91. The molecule has 2 heterocycles. The molecule has 1 saturated heterocycles. The van der Waals surface area contributed by atoms with Crippen LogP contribution in [0.1, 0.15) is 41.4 Å². The van der Waals surface area contributed by atoms with Gasteiger partial charge in [0, 0.05) is 6.54 Å². The molecule has 1 fully saturated rings. The van der Waals surface area contributed by atoms with Crippen molar-refractivity contribution < 1.29 is 13.9 Å². The van der Waals surface area contributed by atoms with E-state index >= 15 is 0 Å². The summed E-state index contributed by atoms with van der Waals surface area (Å²) >= 11 is 0. The largest absolute Gasteiger partial charge is 0.497 e. The van der Waals surface area contributed by atoms with Crippen molar-refractivity contribution in [1.29, 1.82) is 0 Å². The van der Waals surface area contributed by atoms with Crippen molar-refractivity contribution >= 4 is 5.91 Å². The van der Waals surface area contributed by atoms with Gasteiger partial charge in [0.2, 0.25) is 0 Å². The number of methoxy groups -OCH3 is 1. The molecule has 0 aliphatic carbocycles. The first-order valence-electron chi connectivity index (χ1n) is 7.28. The lowest BCUT2D eigenvalue weighted by Gasteiger charge is -2.35. The Kier molecular flexibility index (Phi) is 3.95. The minimum Gasteiger partial charge on any atom is -0.497 e. The Morgan fingerprint density at radius 1 is 1.29 bits per heavy atom. The van der Waals surface area contributed by atoms with Crippen molar-refractivity contribution in [3.05, 3.63) is 54.0 Å². The quantitative estimate of drug-likeness (QED) is 0.864. The number of piperidine rings is 1. The van der Waals surface area contributed by atoms with Crippen LogP contribution in [0.3, 0.4) is 0 Å². The van der Waals surface area contributed by atoms with Crippen molar-refractivity contribution in [2.45, 2.75) is 25.3 Å². The average molecular weight is 285 g/mol. The van der Waals surface area contributed by atoms with Gasteiger partial charge in [0.05, 0.1) is 19.4 Å². The molecule has 1 amide bonds. The molecular weight excluding hydrogens is 266 g/mol. The molecule has 1 aliphatic rings. The molecule has 1 aromatic carbocycles. The third-order valence-corrected chi connectivity index (χ3v) is 3.97. The number of nitrogens with zero attached hydrogens (tertiary/aromatic N) is 1. The average Bonchev–Trinajstić information content (AvgIpc) is 3.09. The molecular formula is C17H19NO3. The number of furan rings is 1. The Labute approximate surface area is 124 Å². The van der Waals surface area contributed by atoms with Crippen LogP contribution >= 0.6 is 0 Å². The number of amides is 1. The summed E-state index contributed by atoms with van der Waals surface area (Å²) in [5, 5.41) is 0. The lowest BCUT2D eigenvalue weighted by molar-refractivity contribution is 0.0578. The molecule has 4 heteroatoms. The zero-order chi connectivity index (χ0) is 14.7. The molecule has 0 radical (unpaired) electrons. The third kappa shape index (κ3) is 2.79. The summed E-state index contributed by atoms with van der Waals surface area (Å²) < 4.78 is 10.6. The maximum Gasteiger partial charge on any atom is 0.290 e. The Bertz CT molecular complexity index is 606. The van der Waals surface area contributed by atoms with Gasteiger partial charge in [-0.2, -0.15) is 0 Å². The Hall–Kier alpha value is -2.23. The molecule has 0 bridgehead atoms. The second-order valence-electron chi connectivity index (χ2n) is 5.26. The molecule has 1 atom stereocenters. The number of carbonyl (C=O) groups is 1. The van der Waals surface area contributed by atoms with E-state index in [0.29, 0.717) is 5.76 Å². The van der Waals surface area contributed by atoms with Gasteiger partial charge in [-0.25, -0.2) is 0 Å². The van der Waals surface area contributed by atoms with Gasteiger partial charge in [0.15, 0.2) is 5.76 Å². The van der Waals surface area contributed by atoms with E-state index in [1.165, 1.54) is 6.26 Å². The predicted octanol–water partition coefficient (Wildman–Crippen LogP) is 3.66. The fraction of sp³-hybridized carbons (Fsp3) is 0.353. The molecule has 1 aromatic heterocycles. The number of hydrogen-bond donors (Lipinski definition) is 0. The number of ether oxygens (including phenoxy) is 1. The van der Waals surface area contributed by atoms with Crippen molar-refractivity contribution in [1.82, 2.24) is 4.90 Å². The maximum absolute atomic E-state index is 12.6. The Morgan fingerprint density at radius 3 is 2.95 bits per heavy atom. The van der Waals surface area contributed by atoms with E-state index in [1.807, 2.05) is 23.1 Å².